The zero-order valence-electron chi connectivity index (χ0n) is 22.2. The van der Waals surface area contributed by atoms with Crippen LogP contribution in [0.3, 0.4) is 0 Å². The lowest BCUT2D eigenvalue weighted by Crippen LogP contribution is -2.49. The second-order valence-electron chi connectivity index (χ2n) is 9.61. The topological polar surface area (TPSA) is 107 Å². The Kier molecular flexibility index (Phi) is 8.45. The maximum Gasteiger partial charge on any atom is 0.320 e. The normalized spacial score (nSPS) is 17.1. The molecular formula is C28H37N5O4. The second kappa shape index (κ2) is 11.7. The van der Waals surface area contributed by atoms with Gasteiger partial charge < -0.3 is 20.4 Å². The van der Waals surface area contributed by atoms with E-state index in [1.165, 1.54) is 0 Å². The Morgan fingerprint density at radius 3 is 2.54 bits per heavy atom. The number of aryl methyl sites for hydroxylation is 2. The number of rotatable bonds is 9. The van der Waals surface area contributed by atoms with E-state index in [-0.39, 0.29) is 17.8 Å². The first-order valence-corrected chi connectivity index (χ1v) is 13.0. The summed E-state index contributed by atoms with van der Waals surface area (Å²) in [6.07, 6.45) is 2.52. The zero-order chi connectivity index (χ0) is 26.5. The predicted molar refractivity (Wildman–Crippen MR) is 144 cm³/mol. The zero-order valence-corrected chi connectivity index (χ0v) is 22.2. The number of ether oxygens (including phenoxy) is 1. The largest absolute Gasteiger partial charge is 0.465 e. The molecule has 0 bridgehead atoms. The minimum atomic E-state index is -0.181. The van der Waals surface area contributed by atoms with Gasteiger partial charge in [-0.25, -0.2) is 0 Å². The number of fused-ring (bicyclic) bond motifs is 1. The summed E-state index contributed by atoms with van der Waals surface area (Å²) in [6, 6.07) is 5.90. The van der Waals surface area contributed by atoms with Crippen molar-refractivity contribution in [2.24, 2.45) is 0 Å². The van der Waals surface area contributed by atoms with E-state index in [0.29, 0.717) is 37.3 Å². The first-order valence-electron chi connectivity index (χ1n) is 13.0. The summed E-state index contributed by atoms with van der Waals surface area (Å²) < 4.78 is 5.03. The monoisotopic (exact) mass is 507 g/mol. The molecule has 1 aromatic carbocycles. The molecule has 2 aliphatic heterocycles. The number of nitrogens with one attached hydrogen (secondary N) is 3. The molecule has 0 aliphatic carbocycles. The van der Waals surface area contributed by atoms with E-state index < -0.39 is 0 Å². The molecule has 0 atom stereocenters. The highest BCUT2D eigenvalue weighted by atomic mass is 16.5. The standard InChI is InChI=1S/C28H37N5O4/c1-5-20-24(16-22-21-15-18(3)7-8-23(21)31-27(22)35)30-19(4)26(20)28(36)29-9-10-32-11-13-33(14-12-32)17-25(34)37-6-2/h7-8,15-16,30H,5-6,9-14,17H2,1-4H3,(H,29,36)(H,31,35)/b22-16-. The molecule has 1 saturated heterocycles. The maximum atomic E-state index is 13.2. The van der Waals surface area contributed by atoms with E-state index in [1.807, 2.05) is 52.0 Å². The van der Waals surface area contributed by atoms with Crippen molar-refractivity contribution in [1.82, 2.24) is 20.1 Å². The van der Waals surface area contributed by atoms with Gasteiger partial charge >= 0.3 is 5.97 Å². The minimum absolute atomic E-state index is 0.108. The van der Waals surface area contributed by atoms with E-state index in [9.17, 15) is 14.4 Å². The molecule has 0 unspecified atom stereocenters. The van der Waals surface area contributed by atoms with E-state index >= 15 is 0 Å². The molecule has 2 aromatic rings. The van der Waals surface area contributed by atoms with Crippen LogP contribution in [0, 0.1) is 13.8 Å². The molecule has 9 heteroatoms. The Hall–Kier alpha value is -3.43. The number of aromatic amines is 1. The van der Waals surface area contributed by atoms with Crippen molar-refractivity contribution in [2.75, 3.05) is 57.7 Å². The highest BCUT2D eigenvalue weighted by molar-refractivity contribution is 6.35. The quantitative estimate of drug-likeness (QED) is 0.356. The number of carbonyl (C=O) groups excluding carboxylic acids is 3. The van der Waals surface area contributed by atoms with Gasteiger partial charge in [0.1, 0.15) is 0 Å². The number of anilines is 1. The maximum absolute atomic E-state index is 13.2. The molecule has 37 heavy (non-hydrogen) atoms. The highest BCUT2D eigenvalue weighted by Crippen LogP contribution is 2.34. The summed E-state index contributed by atoms with van der Waals surface area (Å²) in [4.78, 5) is 45.2. The number of amides is 2. The first-order chi connectivity index (χ1) is 17.8. The number of benzene rings is 1. The van der Waals surface area contributed by atoms with Crippen LogP contribution in [0.25, 0.3) is 11.6 Å². The van der Waals surface area contributed by atoms with Gasteiger partial charge in [-0.15, -0.1) is 0 Å². The summed E-state index contributed by atoms with van der Waals surface area (Å²) in [5, 5.41) is 5.99. The first kappa shape index (κ1) is 26.6. The van der Waals surface area contributed by atoms with E-state index in [4.69, 9.17) is 4.74 Å². The Bertz CT molecular complexity index is 1210. The van der Waals surface area contributed by atoms with Gasteiger partial charge in [-0.05, 0) is 51.0 Å². The number of carbonyl (C=O) groups is 3. The van der Waals surface area contributed by atoms with Crippen LogP contribution in [0.5, 0.6) is 0 Å². The van der Waals surface area contributed by atoms with Crippen molar-refractivity contribution in [3.05, 3.63) is 51.8 Å². The smallest absolute Gasteiger partial charge is 0.320 e. The lowest BCUT2D eigenvalue weighted by atomic mass is 10.0. The van der Waals surface area contributed by atoms with Crippen molar-refractivity contribution in [1.29, 1.82) is 0 Å². The summed E-state index contributed by atoms with van der Waals surface area (Å²) in [7, 11) is 0. The lowest BCUT2D eigenvalue weighted by molar-refractivity contribution is -0.144. The highest BCUT2D eigenvalue weighted by Gasteiger charge is 2.26. The summed E-state index contributed by atoms with van der Waals surface area (Å²) >= 11 is 0. The number of nitrogens with zero attached hydrogens (tertiary/aromatic N) is 2. The number of piperazine rings is 1. The summed E-state index contributed by atoms with van der Waals surface area (Å²) in [6.45, 7) is 13.0. The molecule has 1 fully saturated rings. The number of esters is 1. The molecule has 0 spiro atoms. The molecule has 3 heterocycles. The van der Waals surface area contributed by atoms with Crippen LogP contribution in [0.2, 0.25) is 0 Å². The van der Waals surface area contributed by atoms with Gasteiger partial charge in [0.2, 0.25) is 0 Å². The van der Waals surface area contributed by atoms with Crippen LogP contribution in [0.4, 0.5) is 5.69 Å². The summed E-state index contributed by atoms with van der Waals surface area (Å²) in [5.41, 5.74) is 6.51. The van der Waals surface area contributed by atoms with Crippen molar-refractivity contribution in [3.63, 3.8) is 0 Å². The minimum Gasteiger partial charge on any atom is -0.465 e. The third-order valence-electron chi connectivity index (χ3n) is 6.99. The third-order valence-corrected chi connectivity index (χ3v) is 6.99. The molecule has 0 saturated carbocycles. The Morgan fingerprint density at radius 2 is 1.84 bits per heavy atom. The number of aromatic nitrogens is 1. The molecule has 1 aromatic heterocycles. The van der Waals surface area contributed by atoms with Gasteiger partial charge in [0.25, 0.3) is 11.8 Å². The second-order valence-corrected chi connectivity index (χ2v) is 9.61. The Balaban J connectivity index is 1.37. The molecule has 2 amide bonds. The van der Waals surface area contributed by atoms with Crippen LogP contribution in [0.15, 0.2) is 18.2 Å². The van der Waals surface area contributed by atoms with Gasteiger partial charge in [0, 0.05) is 61.9 Å². The Morgan fingerprint density at radius 1 is 1.11 bits per heavy atom. The average molecular weight is 508 g/mol. The lowest BCUT2D eigenvalue weighted by Gasteiger charge is -2.34. The third kappa shape index (κ3) is 6.11. The fourth-order valence-corrected chi connectivity index (χ4v) is 5.06. The molecule has 4 rings (SSSR count). The van der Waals surface area contributed by atoms with Crippen LogP contribution in [-0.2, 0) is 20.7 Å². The van der Waals surface area contributed by atoms with Gasteiger partial charge in [-0.2, -0.15) is 0 Å². The fourth-order valence-electron chi connectivity index (χ4n) is 5.06. The van der Waals surface area contributed by atoms with Gasteiger partial charge in [-0.3, -0.25) is 24.2 Å². The van der Waals surface area contributed by atoms with E-state index in [0.717, 1.165) is 66.5 Å². The van der Waals surface area contributed by atoms with Crippen LogP contribution in [0.1, 0.15) is 52.3 Å². The van der Waals surface area contributed by atoms with Crippen molar-refractivity contribution in [2.45, 2.75) is 34.1 Å². The van der Waals surface area contributed by atoms with Gasteiger partial charge in [0.05, 0.1) is 24.3 Å². The molecule has 3 N–H and O–H groups in total. The van der Waals surface area contributed by atoms with Gasteiger partial charge in [-0.1, -0.05) is 18.6 Å². The molecule has 0 radical (unpaired) electrons. The van der Waals surface area contributed by atoms with Crippen molar-refractivity contribution >= 4 is 35.1 Å². The van der Waals surface area contributed by atoms with Crippen LogP contribution >= 0.6 is 0 Å². The Labute approximate surface area is 218 Å². The van der Waals surface area contributed by atoms with Crippen LogP contribution in [-0.4, -0.2) is 85.0 Å². The van der Waals surface area contributed by atoms with Crippen molar-refractivity contribution in [3.8, 4) is 0 Å². The molecule has 198 valence electrons. The molecular weight excluding hydrogens is 470 g/mol. The SMILES string of the molecule is CCOC(=O)CN1CCN(CCNC(=O)c2c(C)[nH]c(/C=C3\C(=O)Nc4ccc(C)cc43)c2CC)CC1. The number of hydrogen-bond acceptors (Lipinski definition) is 6. The predicted octanol–water partition coefficient (Wildman–Crippen LogP) is 2.60. The number of hydrogen-bond donors (Lipinski definition) is 3. The van der Waals surface area contributed by atoms with E-state index in [1.54, 1.807) is 0 Å². The summed E-state index contributed by atoms with van der Waals surface area (Å²) in [5.74, 6) is -0.425. The fraction of sp³-hybridized carbons (Fsp3) is 0.464. The molecule has 9 nitrogen and oxygen atoms in total. The van der Waals surface area contributed by atoms with Crippen molar-refractivity contribution < 1.29 is 19.1 Å². The van der Waals surface area contributed by atoms with Crippen LogP contribution < -0.4 is 10.6 Å². The number of H-pyrrole nitrogens is 1. The van der Waals surface area contributed by atoms with Gasteiger partial charge in [0.15, 0.2) is 0 Å². The average Bonchev–Trinajstić information content (AvgIpc) is 3.35. The molecule has 2 aliphatic rings. The van der Waals surface area contributed by atoms with E-state index in [2.05, 4.69) is 25.4 Å².